The molecule has 0 saturated heterocycles. The summed E-state index contributed by atoms with van der Waals surface area (Å²) in [6.07, 6.45) is -4.20. The molecular formula is C9H19F3N2O3S. The van der Waals surface area contributed by atoms with Gasteiger partial charge in [-0.2, -0.15) is 31.0 Å². The Bertz CT molecular complexity index is 328. The first-order valence-corrected chi connectivity index (χ1v) is 7.08. The fourth-order valence-corrected chi connectivity index (χ4v) is 2.27. The van der Waals surface area contributed by atoms with E-state index in [9.17, 15) is 26.7 Å². The van der Waals surface area contributed by atoms with Gasteiger partial charge in [-0.05, 0) is 5.92 Å². The average Bonchev–Trinajstić information content (AvgIpc) is 2.25. The van der Waals surface area contributed by atoms with Crippen molar-refractivity contribution in [3.63, 3.8) is 0 Å². The first kappa shape index (κ1) is 17.6. The van der Waals surface area contributed by atoms with Crippen LogP contribution in [0.4, 0.5) is 13.2 Å². The lowest BCUT2D eigenvalue weighted by Crippen LogP contribution is -2.45. The molecule has 110 valence electrons. The second-order valence-electron chi connectivity index (χ2n) is 3.93. The van der Waals surface area contributed by atoms with Gasteiger partial charge in [0.15, 0.2) is 0 Å². The topological polar surface area (TPSA) is 78.4 Å². The molecule has 0 rings (SSSR count). The lowest BCUT2D eigenvalue weighted by molar-refractivity contribution is -0.121. The van der Waals surface area contributed by atoms with Crippen molar-refractivity contribution in [1.29, 1.82) is 0 Å². The number of aliphatic hydroxyl groups excluding tert-OH is 1. The summed E-state index contributed by atoms with van der Waals surface area (Å²) in [6.45, 7) is 1.74. The van der Waals surface area contributed by atoms with E-state index < -0.39 is 29.0 Å². The van der Waals surface area contributed by atoms with Gasteiger partial charge in [-0.25, -0.2) is 0 Å². The van der Waals surface area contributed by atoms with Crippen LogP contribution in [0.15, 0.2) is 0 Å². The Labute approximate surface area is 105 Å². The molecule has 0 heterocycles. The van der Waals surface area contributed by atoms with Crippen LogP contribution in [0, 0.1) is 5.92 Å². The van der Waals surface area contributed by atoms with E-state index in [1.54, 1.807) is 0 Å². The van der Waals surface area contributed by atoms with Crippen LogP contribution in [-0.2, 0) is 10.2 Å². The normalized spacial score (nSPS) is 15.1. The SMILES string of the molecule is CCC(CC)C(O)CNS(=O)(=O)NCC(F)(F)F. The van der Waals surface area contributed by atoms with Gasteiger partial charge >= 0.3 is 6.18 Å². The van der Waals surface area contributed by atoms with Gasteiger partial charge in [0.2, 0.25) is 0 Å². The third kappa shape index (κ3) is 7.85. The fourth-order valence-electron chi connectivity index (χ4n) is 1.42. The molecular weight excluding hydrogens is 273 g/mol. The van der Waals surface area contributed by atoms with Crippen molar-refractivity contribution < 1.29 is 26.7 Å². The molecule has 3 N–H and O–H groups in total. The number of hydrogen-bond acceptors (Lipinski definition) is 3. The molecule has 0 aliphatic rings. The Morgan fingerprint density at radius 3 is 2.06 bits per heavy atom. The van der Waals surface area contributed by atoms with Crippen LogP contribution in [0.1, 0.15) is 26.7 Å². The maximum Gasteiger partial charge on any atom is 0.402 e. The van der Waals surface area contributed by atoms with Crippen molar-refractivity contribution >= 4 is 10.2 Å². The molecule has 0 radical (unpaired) electrons. The molecule has 0 bridgehead atoms. The number of alkyl halides is 3. The van der Waals surface area contributed by atoms with Crippen LogP contribution in [0.3, 0.4) is 0 Å². The quantitative estimate of drug-likeness (QED) is 0.618. The summed E-state index contributed by atoms with van der Waals surface area (Å²) in [6, 6.07) is 0. The molecule has 0 aromatic rings. The van der Waals surface area contributed by atoms with Crippen molar-refractivity contribution in [2.24, 2.45) is 5.92 Å². The highest BCUT2D eigenvalue weighted by molar-refractivity contribution is 7.87. The highest BCUT2D eigenvalue weighted by Gasteiger charge is 2.29. The Morgan fingerprint density at radius 2 is 1.67 bits per heavy atom. The second kappa shape index (κ2) is 7.27. The maximum atomic E-state index is 11.8. The van der Waals surface area contributed by atoms with Crippen LogP contribution in [-0.4, -0.2) is 38.9 Å². The van der Waals surface area contributed by atoms with Crippen LogP contribution < -0.4 is 9.44 Å². The van der Waals surface area contributed by atoms with Crippen LogP contribution >= 0.6 is 0 Å². The minimum Gasteiger partial charge on any atom is -0.391 e. The van der Waals surface area contributed by atoms with Crippen molar-refractivity contribution in [2.75, 3.05) is 13.1 Å². The molecule has 1 unspecified atom stereocenters. The summed E-state index contributed by atoms with van der Waals surface area (Å²) in [5.74, 6) is -0.0877. The van der Waals surface area contributed by atoms with Gasteiger partial charge in [0, 0.05) is 6.54 Å². The third-order valence-electron chi connectivity index (χ3n) is 2.54. The highest BCUT2D eigenvalue weighted by Crippen LogP contribution is 2.13. The molecule has 9 heteroatoms. The Hall–Kier alpha value is -0.380. The van der Waals surface area contributed by atoms with Gasteiger partial charge in [0.25, 0.3) is 10.2 Å². The van der Waals surface area contributed by atoms with Gasteiger partial charge < -0.3 is 5.11 Å². The van der Waals surface area contributed by atoms with Crippen LogP contribution in [0.2, 0.25) is 0 Å². The Kier molecular flexibility index (Phi) is 7.11. The summed E-state index contributed by atoms with van der Waals surface area (Å²) in [5.41, 5.74) is 0. The summed E-state index contributed by atoms with van der Waals surface area (Å²) < 4.78 is 61.0. The van der Waals surface area contributed by atoms with Crippen molar-refractivity contribution in [1.82, 2.24) is 9.44 Å². The first-order chi connectivity index (χ1) is 8.11. The largest absolute Gasteiger partial charge is 0.402 e. The molecule has 0 aromatic heterocycles. The number of aliphatic hydroxyl groups is 1. The molecule has 5 nitrogen and oxygen atoms in total. The maximum absolute atomic E-state index is 11.8. The molecule has 0 aliphatic heterocycles. The molecule has 0 spiro atoms. The monoisotopic (exact) mass is 292 g/mol. The van der Waals surface area contributed by atoms with Crippen LogP contribution in [0.25, 0.3) is 0 Å². The smallest absolute Gasteiger partial charge is 0.391 e. The number of halogens is 3. The van der Waals surface area contributed by atoms with E-state index in [0.29, 0.717) is 12.8 Å². The first-order valence-electron chi connectivity index (χ1n) is 5.60. The van der Waals surface area contributed by atoms with Gasteiger partial charge in [0.1, 0.15) is 6.54 Å². The molecule has 0 saturated carbocycles. The molecule has 18 heavy (non-hydrogen) atoms. The minimum absolute atomic E-state index is 0.0877. The lowest BCUT2D eigenvalue weighted by Gasteiger charge is -2.20. The highest BCUT2D eigenvalue weighted by atomic mass is 32.2. The lowest BCUT2D eigenvalue weighted by atomic mass is 9.97. The Morgan fingerprint density at radius 1 is 1.17 bits per heavy atom. The summed E-state index contributed by atoms with van der Waals surface area (Å²) in [7, 11) is -4.24. The van der Waals surface area contributed by atoms with E-state index in [1.807, 2.05) is 18.6 Å². The molecule has 0 aromatic carbocycles. The predicted octanol–water partition coefficient (Wildman–Crippen LogP) is 0.770. The van der Waals surface area contributed by atoms with E-state index in [1.165, 1.54) is 4.72 Å². The zero-order chi connectivity index (χ0) is 14.4. The van der Waals surface area contributed by atoms with Gasteiger partial charge in [-0.1, -0.05) is 26.7 Å². The summed E-state index contributed by atoms with van der Waals surface area (Å²) in [5, 5.41) is 9.62. The fraction of sp³-hybridized carbons (Fsp3) is 1.00. The van der Waals surface area contributed by atoms with Crippen molar-refractivity contribution in [3.8, 4) is 0 Å². The van der Waals surface area contributed by atoms with E-state index in [4.69, 9.17) is 0 Å². The zero-order valence-electron chi connectivity index (χ0n) is 10.3. The number of nitrogens with one attached hydrogen (secondary N) is 2. The van der Waals surface area contributed by atoms with Gasteiger partial charge in [-0.3, -0.25) is 0 Å². The number of hydrogen-bond donors (Lipinski definition) is 3. The van der Waals surface area contributed by atoms with Crippen LogP contribution in [0.5, 0.6) is 0 Å². The van der Waals surface area contributed by atoms with Crippen molar-refractivity contribution in [2.45, 2.75) is 39.0 Å². The van der Waals surface area contributed by atoms with Gasteiger partial charge in [-0.15, -0.1) is 0 Å². The molecule has 0 aliphatic carbocycles. The van der Waals surface area contributed by atoms with E-state index in [-0.39, 0.29) is 12.5 Å². The van der Waals surface area contributed by atoms with E-state index in [0.717, 1.165) is 0 Å². The standard InChI is InChI=1S/C9H19F3N2O3S/c1-3-7(4-2)8(15)5-13-18(16,17)14-6-9(10,11)12/h7-8,13-15H,3-6H2,1-2H3. The minimum atomic E-state index is -4.61. The molecule has 0 fully saturated rings. The molecule has 1 atom stereocenters. The molecule has 0 amide bonds. The van der Waals surface area contributed by atoms with E-state index in [2.05, 4.69) is 0 Å². The third-order valence-corrected chi connectivity index (χ3v) is 3.61. The summed E-state index contributed by atoms with van der Waals surface area (Å²) >= 11 is 0. The second-order valence-corrected chi connectivity index (χ2v) is 5.52. The van der Waals surface area contributed by atoms with Crippen molar-refractivity contribution in [3.05, 3.63) is 0 Å². The van der Waals surface area contributed by atoms with Gasteiger partial charge in [0.05, 0.1) is 6.10 Å². The number of rotatable bonds is 8. The average molecular weight is 292 g/mol. The zero-order valence-corrected chi connectivity index (χ0v) is 11.1. The summed E-state index contributed by atoms with van der Waals surface area (Å²) in [4.78, 5) is 0. The predicted molar refractivity (Wildman–Crippen MR) is 61.1 cm³/mol. The Balaban J connectivity index is 4.19. The van der Waals surface area contributed by atoms with E-state index >= 15 is 0 Å².